The maximum atomic E-state index is 8.57. The summed E-state index contributed by atoms with van der Waals surface area (Å²) in [5, 5.41) is 15.1. The molecule has 0 aliphatic carbocycles. The van der Waals surface area contributed by atoms with Crippen LogP contribution in [0.1, 0.15) is 38.3 Å². The van der Waals surface area contributed by atoms with Gasteiger partial charge in [-0.15, -0.1) is 0 Å². The van der Waals surface area contributed by atoms with Crippen LogP contribution in [0.4, 0.5) is 0 Å². The van der Waals surface area contributed by atoms with Crippen LogP contribution in [-0.2, 0) is 0 Å². The predicted octanol–water partition coefficient (Wildman–Crippen LogP) is 2.25. The van der Waals surface area contributed by atoms with Gasteiger partial charge in [0.15, 0.2) is 0 Å². The van der Waals surface area contributed by atoms with Gasteiger partial charge in [0.05, 0.1) is 0 Å². The first-order valence-corrected chi connectivity index (χ1v) is 5.94. The van der Waals surface area contributed by atoms with Crippen molar-refractivity contribution in [2.24, 2.45) is 10.9 Å². The molecule has 0 bridgehead atoms. The molecular weight excluding hydrogens is 214 g/mol. The molecular formula is C13H21N3O. The van der Waals surface area contributed by atoms with Gasteiger partial charge in [0, 0.05) is 18.5 Å². The molecule has 0 spiro atoms. The van der Waals surface area contributed by atoms with Crippen LogP contribution in [-0.4, -0.2) is 17.1 Å². The predicted molar refractivity (Wildman–Crippen MR) is 70.1 cm³/mol. The van der Waals surface area contributed by atoms with Gasteiger partial charge in [0.1, 0.15) is 5.84 Å². The molecule has 4 heteroatoms. The minimum atomic E-state index is 0.223. The van der Waals surface area contributed by atoms with Crippen molar-refractivity contribution in [2.75, 3.05) is 0 Å². The smallest absolute Gasteiger partial charge is 0.140 e. The van der Waals surface area contributed by atoms with E-state index < -0.39 is 0 Å². The molecule has 0 aromatic heterocycles. The van der Waals surface area contributed by atoms with E-state index in [1.165, 1.54) is 5.56 Å². The van der Waals surface area contributed by atoms with Crippen LogP contribution in [0.25, 0.3) is 0 Å². The van der Waals surface area contributed by atoms with Crippen LogP contribution in [0.15, 0.2) is 35.5 Å². The number of nitrogens with two attached hydrogens (primary N) is 1. The van der Waals surface area contributed by atoms with Crippen molar-refractivity contribution in [1.29, 1.82) is 0 Å². The Labute approximate surface area is 103 Å². The molecule has 0 fully saturated rings. The van der Waals surface area contributed by atoms with Crippen molar-refractivity contribution in [1.82, 2.24) is 5.32 Å². The Morgan fingerprint density at radius 3 is 2.59 bits per heavy atom. The largest absolute Gasteiger partial charge is 0.409 e. The number of amidine groups is 1. The van der Waals surface area contributed by atoms with Crippen molar-refractivity contribution in [3.63, 3.8) is 0 Å². The molecule has 2 atom stereocenters. The molecule has 1 aromatic carbocycles. The first-order chi connectivity index (χ1) is 8.17. The Morgan fingerprint density at radius 1 is 1.41 bits per heavy atom. The van der Waals surface area contributed by atoms with Crippen LogP contribution in [0.2, 0.25) is 0 Å². The zero-order chi connectivity index (χ0) is 12.7. The zero-order valence-corrected chi connectivity index (χ0v) is 10.4. The van der Waals surface area contributed by atoms with Gasteiger partial charge in [0.25, 0.3) is 0 Å². The average molecular weight is 235 g/mol. The molecule has 4 N–H and O–H groups in total. The van der Waals surface area contributed by atoms with E-state index in [0.29, 0.717) is 6.42 Å². The Bertz CT molecular complexity index is 351. The number of nitrogens with zero attached hydrogens (tertiary/aromatic N) is 1. The minimum absolute atomic E-state index is 0.223. The van der Waals surface area contributed by atoms with Gasteiger partial charge in [-0.05, 0) is 18.9 Å². The van der Waals surface area contributed by atoms with Gasteiger partial charge >= 0.3 is 0 Å². The summed E-state index contributed by atoms with van der Waals surface area (Å²) in [4.78, 5) is 0. The van der Waals surface area contributed by atoms with Gasteiger partial charge in [-0.3, -0.25) is 0 Å². The van der Waals surface area contributed by atoms with Crippen molar-refractivity contribution in [3.8, 4) is 0 Å². The molecule has 1 aromatic rings. The first-order valence-electron chi connectivity index (χ1n) is 5.94. The fourth-order valence-electron chi connectivity index (χ4n) is 1.81. The van der Waals surface area contributed by atoms with Crippen LogP contribution in [0.3, 0.4) is 0 Å². The highest BCUT2D eigenvalue weighted by Gasteiger charge is 2.13. The molecule has 0 heterocycles. The van der Waals surface area contributed by atoms with E-state index in [4.69, 9.17) is 10.9 Å². The highest BCUT2D eigenvalue weighted by atomic mass is 16.4. The summed E-state index contributed by atoms with van der Waals surface area (Å²) in [6, 6.07) is 10.7. The summed E-state index contributed by atoms with van der Waals surface area (Å²) in [5.74, 6) is 0.268. The summed E-state index contributed by atoms with van der Waals surface area (Å²) in [6.07, 6.45) is 1.50. The summed E-state index contributed by atoms with van der Waals surface area (Å²) < 4.78 is 0. The standard InChI is InChI=1S/C13H21N3O/c1-3-12(9-13(14)16-17)15-10(2)11-7-5-4-6-8-11/h4-8,10,12,15,17H,3,9H2,1-2H3,(H2,14,16). The van der Waals surface area contributed by atoms with Gasteiger partial charge < -0.3 is 16.3 Å². The second-order valence-corrected chi connectivity index (χ2v) is 4.20. The van der Waals surface area contributed by atoms with E-state index in [1.54, 1.807) is 0 Å². The fourth-order valence-corrected chi connectivity index (χ4v) is 1.81. The van der Waals surface area contributed by atoms with E-state index in [1.807, 2.05) is 18.2 Å². The van der Waals surface area contributed by atoms with Crippen LogP contribution in [0.5, 0.6) is 0 Å². The molecule has 0 amide bonds. The van der Waals surface area contributed by atoms with E-state index in [9.17, 15) is 0 Å². The number of rotatable bonds is 6. The number of nitrogens with one attached hydrogen (secondary N) is 1. The Balaban J connectivity index is 2.57. The summed E-state index contributed by atoms with van der Waals surface area (Å²) >= 11 is 0. The highest BCUT2D eigenvalue weighted by Crippen LogP contribution is 2.13. The number of hydrogen-bond acceptors (Lipinski definition) is 3. The van der Waals surface area contributed by atoms with Gasteiger partial charge in [-0.2, -0.15) is 0 Å². The van der Waals surface area contributed by atoms with Crippen molar-refractivity contribution in [2.45, 2.75) is 38.8 Å². The Kier molecular flexibility index (Phi) is 5.49. The lowest BCUT2D eigenvalue weighted by Gasteiger charge is -2.22. The normalized spacial score (nSPS) is 15.5. The molecule has 17 heavy (non-hydrogen) atoms. The van der Waals surface area contributed by atoms with Crippen LogP contribution in [0, 0.1) is 0 Å². The summed E-state index contributed by atoms with van der Waals surface area (Å²) in [6.45, 7) is 4.20. The molecule has 0 radical (unpaired) electrons. The summed E-state index contributed by atoms with van der Waals surface area (Å²) in [5.41, 5.74) is 6.77. The maximum Gasteiger partial charge on any atom is 0.140 e. The SMILES string of the molecule is CCC(C/C(N)=N/O)NC(C)c1ccccc1. The molecule has 0 saturated carbocycles. The number of benzene rings is 1. The van der Waals surface area contributed by atoms with Gasteiger partial charge in [-0.1, -0.05) is 42.4 Å². The van der Waals surface area contributed by atoms with Crippen molar-refractivity contribution >= 4 is 5.84 Å². The lowest BCUT2D eigenvalue weighted by atomic mass is 10.0. The molecule has 0 saturated heterocycles. The monoisotopic (exact) mass is 235 g/mol. The van der Waals surface area contributed by atoms with Crippen LogP contribution < -0.4 is 11.1 Å². The molecule has 94 valence electrons. The lowest BCUT2D eigenvalue weighted by molar-refractivity contribution is 0.315. The average Bonchev–Trinajstić information content (AvgIpc) is 2.38. The van der Waals surface area contributed by atoms with E-state index in [2.05, 4.69) is 36.5 Å². The minimum Gasteiger partial charge on any atom is -0.409 e. The Hall–Kier alpha value is -1.55. The van der Waals surface area contributed by atoms with E-state index in [-0.39, 0.29) is 17.9 Å². The maximum absolute atomic E-state index is 8.57. The van der Waals surface area contributed by atoms with Gasteiger partial charge in [-0.25, -0.2) is 0 Å². The van der Waals surface area contributed by atoms with Crippen molar-refractivity contribution < 1.29 is 5.21 Å². The van der Waals surface area contributed by atoms with E-state index in [0.717, 1.165) is 6.42 Å². The van der Waals surface area contributed by atoms with Crippen molar-refractivity contribution in [3.05, 3.63) is 35.9 Å². The number of hydrogen-bond donors (Lipinski definition) is 3. The van der Waals surface area contributed by atoms with E-state index >= 15 is 0 Å². The molecule has 1 rings (SSSR count). The second kappa shape index (κ2) is 6.91. The first kappa shape index (κ1) is 13.5. The second-order valence-electron chi connectivity index (χ2n) is 4.20. The summed E-state index contributed by atoms with van der Waals surface area (Å²) in [7, 11) is 0. The third-order valence-corrected chi connectivity index (χ3v) is 2.86. The quantitative estimate of drug-likeness (QED) is 0.306. The fraction of sp³-hybridized carbons (Fsp3) is 0.462. The zero-order valence-electron chi connectivity index (χ0n) is 10.4. The topological polar surface area (TPSA) is 70.6 Å². The molecule has 0 aliphatic rings. The lowest BCUT2D eigenvalue weighted by Crippen LogP contribution is -2.34. The Morgan fingerprint density at radius 2 is 2.06 bits per heavy atom. The number of oxime groups is 1. The van der Waals surface area contributed by atoms with Crippen LogP contribution >= 0.6 is 0 Å². The van der Waals surface area contributed by atoms with Gasteiger partial charge in [0.2, 0.25) is 0 Å². The third kappa shape index (κ3) is 4.44. The highest BCUT2D eigenvalue weighted by molar-refractivity contribution is 5.80. The third-order valence-electron chi connectivity index (χ3n) is 2.86. The molecule has 0 aliphatic heterocycles. The molecule has 2 unspecified atom stereocenters. The molecule has 4 nitrogen and oxygen atoms in total.